The maximum Gasteiger partial charge on any atom is 0.0825 e. The summed E-state index contributed by atoms with van der Waals surface area (Å²) in [5.41, 5.74) is 5.64. The van der Waals surface area contributed by atoms with Crippen LogP contribution in [-0.2, 0) is 4.74 Å². The van der Waals surface area contributed by atoms with Gasteiger partial charge in [0.15, 0.2) is 0 Å². The van der Waals surface area contributed by atoms with Crippen molar-refractivity contribution in [2.24, 2.45) is 5.73 Å². The first kappa shape index (κ1) is 6.05. The van der Waals surface area contributed by atoms with Crippen molar-refractivity contribution < 1.29 is 4.74 Å². The lowest BCUT2D eigenvalue weighted by molar-refractivity contribution is -0.155. The third kappa shape index (κ3) is 0.644. The minimum Gasteiger partial charge on any atom is -0.372 e. The highest BCUT2D eigenvalue weighted by molar-refractivity contribution is 4.93. The maximum atomic E-state index is 5.64. The van der Waals surface area contributed by atoms with Crippen LogP contribution in [0.15, 0.2) is 0 Å². The molecule has 0 aromatic heterocycles. The van der Waals surface area contributed by atoms with Crippen LogP contribution in [-0.4, -0.2) is 18.2 Å². The van der Waals surface area contributed by atoms with E-state index in [0.717, 1.165) is 13.0 Å². The van der Waals surface area contributed by atoms with Crippen LogP contribution in [0.5, 0.6) is 0 Å². The molecule has 0 saturated carbocycles. The first-order valence-corrected chi connectivity index (χ1v) is 3.08. The van der Waals surface area contributed by atoms with E-state index in [2.05, 4.69) is 13.8 Å². The van der Waals surface area contributed by atoms with Gasteiger partial charge in [0.05, 0.1) is 18.2 Å². The molecule has 2 nitrogen and oxygen atoms in total. The van der Waals surface area contributed by atoms with Gasteiger partial charge < -0.3 is 10.5 Å². The van der Waals surface area contributed by atoms with Crippen molar-refractivity contribution in [3.05, 3.63) is 0 Å². The van der Waals surface area contributed by atoms with Crippen molar-refractivity contribution >= 4 is 0 Å². The fourth-order valence-electron chi connectivity index (χ4n) is 0.828. The molecule has 48 valence electrons. The summed E-state index contributed by atoms with van der Waals surface area (Å²) in [6.07, 6.45) is 1.02. The van der Waals surface area contributed by atoms with Crippen LogP contribution in [0.1, 0.15) is 20.3 Å². The lowest BCUT2D eigenvalue weighted by Gasteiger charge is -2.44. The summed E-state index contributed by atoms with van der Waals surface area (Å²) in [6.45, 7) is 4.89. The third-order valence-corrected chi connectivity index (χ3v) is 2.08. The first-order chi connectivity index (χ1) is 3.69. The lowest BCUT2D eigenvalue weighted by atomic mass is 9.89. The monoisotopic (exact) mass is 115 g/mol. The summed E-state index contributed by atoms with van der Waals surface area (Å²) < 4.78 is 5.25. The standard InChI is InChI=1S/C6H13NO/c1-3-6(2)5(7)4-8-6/h5H,3-4,7H2,1-2H3. The summed E-state index contributed by atoms with van der Waals surface area (Å²) in [5.74, 6) is 0. The van der Waals surface area contributed by atoms with Gasteiger partial charge in [0.25, 0.3) is 0 Å². The molecular formula is C6H13NO. The molecule has 2 atom stereocenters. The van der Waals surface area contributed by atoms with Gasteiger partial charge in [-0.2, -0.15) is 0 Å². The van der Waals surface area contributed by atoms with Crippen LogP contribution in [0.25, 0.3) is 0 Å². The smallest absolute Gasteiger partial charge is 0.0825 e. The average molecular weight is 115 g/mol. The lowest BCUT2D eigenvalue weighted by Crippen LogP contribution is -2.60. The van der Waals surface area contributed by atoms with Gasteiger partial charge in [-0.25, -0.2) is 0 Å². The Morgan fingerprint density at radius 3 is 2.50 bits per heavy atom. The van der Waals surface area contributed by atoms with Crippen molar-refractivity contribution in [3.8, 4) is 0 Å². The Morgan fingerprint density at radius 2 is 2.50 bits per heavy atom. The van der Waals surface area contributed by atoms with Crippen LogP contribution in [0, 0.1) is 0 Å². The van der Waals surface area contributed by atoms with E-state index in [1.54, 1.807) is 0 Å². The molecule has 1 fully saturated rings. The molecule has 2 heteroatoms. The molecule has 0 aromatic carbocycles. The van der Waals surface area contributed by atoms with Crippen LogP contribution < -0.4 is 5.73 Å². The molecule has 8 heavy (non-hydrogen) atoms. The van der Waals surface area contributed by atoms with Gasteiger partial charge in [0, 0.05) is 0 Å². The Hall–Kier alpha value is -0.0800. The molecule has 2 unspecified atom stereocenters. The minimum atomic E-state index is 0. The molecule has 0 aromatic rings. The number of hydrogen-bond acceptors (Lipinski definition) is 2. The van der Waals surface area contributed by atoms with E-state index in [1.165, 1.54) is 0 Å². The van der Waals surface area contributed by atoms with Gasteiger partial charge in [-0.05, 0) is 13.3 Å². The fourth-order valence-corrected chi connectivity index (χ4v) is 0.828. The van der Waals surface area contributed by atoms with E-state index in [-0.39, 0.29) is 11.6 Å². The molecule has 1 heterocycles. The predicted molar refractivity (Wildman–Crippen MR) is 32.6 cm³/mol. The van der Waals surface area contributed by atoms with E-state index in [4.69, 9.17) is 10.5 Å². The Kier molecular flexibility index (Phi) is 1.29. The second kappa shape index (κ2) is 1.71. The predicted octanol–water partition coefficient (Wildman–Crippen LogP) is 0.513. The highest BCUT2D eigenvalue weighted by Crippen LogP contribution is 2.27. The van der Waals surface area contributed by atoms with Crippen LogP contribution in [0.2, 0.25) is 0 Å². The van der Waals surface area contributed by atoms with Gasteiger partial charge in [-0.1, -0.05) is 6.92 Å². The number of hydrogen-bond donors (Lipinski definition) is 1. The van der Waals surface area contributed by atoms with Crippen molar-refractivity contribution in [1.82, 2.24) is 0 Å². The van der Waals surface area contributed by atoms with Crippen LogP contribution >= 0.6 is 0 Å². The average Bonchev–Trinajstić information content (AvgIpc) is 1.83. The topological polar surface area (TPSA) is 35.2 Å². The Bertz CT molecular complexity index is 90.5. The van der Waals surface area contributed by atoms with Gasteiger partial charge >= 0.3 is 0 Å². The summed E-state index contributed by atoms with van der Waals surface area (Å²) in [7, 11) is 0. The second-order valence-electron chi connectivity index (χ2n) is 2.58. The molecule has 0 spiro atoms. The Morgan fingerprint density at radius 1 is 1.88 bits per heavy atom. The first-order valence-electron chi connectivity index (χ1n) is 3.08. The third-order valence-electron chi connectivity index (χ3n) is 2.08. The highest BCUT2D eigenvalue weighted by atomic mass is 16.5. The van der Waals surface area contributed by atoms with Crippen LogP contribution in [0.4, 0.5) is 0 Å². The summed E-state index contributed by atoms with van der Waals surface area (Å²) in [4.78, 5) is 0. The zero-order valence-corrected chi connectivity index (χ0v) is 5.48. The SMILES string of the molecule is CCC1(C)OCC1N. The van der Waals surface area contributed by atoms with E-state index < -0.39 is 0 Å². The molecule has 1 saturated heterocycles. The molecule has 2 N–H and O–H groups in total. The number of nitrogens with two attached hydrogens (primary N) is 1. The summed E-state index contributed by atoms with van der Waals surface area (Å²) in [5, 5.41) is 0. The Labute approximate surface area is 50.0 Å². The quantitative estimate of drug-likeness (QED) is 0.540. The number of rotatable bonds is 1. The van der Waals surface area contributed by atoms with Crippen molar-refractivity contribution in [2.75, 3.05) is 6.61 Å². The fraction of sp³-hybridized carbons (Fsp3) is 1.00. The van der Waals surface area contributed by atoms with Crippen LogP contribution in [0.3, 0.4) is 0 Å². The maximum absolute atomic E-state index is 5.64. The van der Waals surface area contributed by atoms with Gasteiger partial charge in [0.1, 0.15) is 0 Å². The van der Waals surface area contributed by atoms with Crippen molar-refractivity contribution in [1.29, 1.82) is 0 Å². The van der Waals surface area contributed by atoms with Gasteiger partial charge in [-0.3, -0.25) is 0 Å². The number of ether oxygens (including phenoxy) is 1. The van der Waals surface area contributed by atoms with Crippen molar-refractivity contribution in [3.63, 3.8) is 0 Å². The molecular weight excluding hydrogens is 102 g/mol. The highest BCUT2D eigenvalue weighted by Gasteiger charge is 2.39. The molecule has 1 rings (SSSR count). The zero-order chi connectivity index (χ0) is 6.20. The van der Waals surface area contributed by atoms with E-state index in [1.807, 2.05) is 0 Å². The van der Waals surface area contributed by atoms with E-state index >= 15 is 0 Å². The van der Waals surface area contributed by atoms with E-state index in [0.29, 0.717) is 0 Å². The molecule has 0 bridgehead atoms. The van der Waals surface area contributed by atoms with Crippen molar-refractivity contribution in [2.45, 2.75) is 31.9 Å². The second-order valence-corrected chi connectivity index (χ2v) is 2.58. The molecule has 1 aliphatic heterocycles. The van der Waals surface area contributed by atoms with E-state index in [9.17, 15) is 0 Å². The van der Waals surface area contributed by atoms with Gasteiger partial charge in [0.2, 0.25) is 0 Å². The normalized spacial score (nSPS) is 46.1. The summed E-state index contributed by atoms with van der Waals surface area (Å²) >= 11 is 0. The largest absolute Gasteiger partial charge is 0.372 e. The zero-order valence-electron chi connectivity index (χ0n) is 5.48. The summed E-state index contributed by atoms with van der Waals surface area (Å²) in [6, 6.07) is 0.271. The Balaban J connectivity index is 2.42. The van der Waals surface area contributed by atoms with Gasteiger partial charge in [-0.15, -0.1) is 0 Å². The molecule has 1 aliphatic rings. The molecule has 0 amide bonds. The minimum absolute atomic E-state index is 0. The molecule has 0 aliphatic carbocycles. The molecule has 0 radical (unpaired) electrons.